The Labute approximate surface area is 207 Å². The first kappa shape index (κ1) is 21.0. The molecule has 2 spiro atoms. The maximum absolute atomic E-state index is 11.9. The number of aliphatic hydroxyl groups excluding tert-OH is 1. The molecule has 0 radical (unpaired) electrons. The standard InChI is InChI=1S/C30H35NO4/c1-34-30-12-11-28(16-21(30)25(33)19-5-3-2-4-6-19)23-15-20-9-10-22(32)26-24(20)29(28,27(30)35-26)13-14-31(23)17-18-7-8-18/h2-6,9-10,18,21,23,25,27,32-33H,7-8,11-17H2,1H3/t21-,23?,25+,27+,28?,29+,30-/m1/s1. The average molecular weight is 474 g/mol. The highest BCUT2D eigenvalue weighted by atomic mass is 16.6. The number of nitrogens with zero attached hydrogens (tertiary/aromatic N) is 1. The van der Waals surface area contributed by atoms with Gasteiger partial charge in [0.25, 0.3) is 0 Å². The van der Waals surface area contributed by atoms with Crippen LogP contribution in [0.25, 0.3) is 0 Å². The number of aromatic hydroxyl groups is 1. The number of methoxy groups -OCH3 is 1. The Bertz CT molecular complexity index is 1200. The van der Waals surface area contributed by atoms with Crippen molar-refractivity contribution in [3.05, 3.63) is 59.2 Å². The first-order valence-electron chi connectivity index (χ1n) is 13.6. The number of phenols is 1. The molecule has 2 aromatic rings. The van der Waals surface area contributed by atoms with Crippen LogP contribution in [0.2, 0.25) is 0 Å². The van der Waals surface area contributed by atoms with Gasteiger partial charge in [0.05, 0.1) is 6.10 Å². The lowest BCUT2D eigenvalue weighted by atomic mass is 9.34. The fourth-order valence-corrected chi connectivity index (χ4v) is 9.70. The Morgan fingerprint density at radius 2 is 1.94 bits per heavy atom. The van der Waals surface area contributed by atoms with E-state index in [0.717, 1.165) is 50.1 Å². The Hall–Kier alpha value is -2.08. The Morgan fingerprint density at radius 1 is 1.11 bits per heavy atom. The van der Waals surface area contributed by atoms with Crippen LogP contribution in [0.15, 0.2) is 42.5 Å². The fourth-order valence-electron chi connectivity index (χ4n) is 9.70. The van der Waals surface area contributed by atoms with Crippen LogP contribution in [0.1, 0.15) is 61.3 Å². The summed E-state index contributed by atoms with van der Waals surface area (Å²) in [6, 6.07) is 14.5. The Kier molecular flexibility index (Phi) is 4.10. The van der Waals surface area contributed by atoms with Crippen molar-refractivity contribution in [1.82, 2.24) is 4.90 Å². The molecule has 2 aliphatic heterocycles. The van der Waals surface area contributed by atoms with Gasteiger partial charge < -0.3 is 19.7 Å². The van der Waals surface area contributed by atoms with Gasteiger partial charge in [-0.15, -0.1) is 0 Å². The van der Waals surface area contributed by atoms with Gasteiger partial charge in [-0.2, -0.15) is 0 Å². The number of hydrogen-bond acceptors (Lipinski definition) is 5. The normalized spacial score (nSPS) is 41.4. The number of ether oxygens (including phenoxy) is 2. The summed E-state index contributed by atoms with van der Waals surface area (Å²) in [5, 5.41) is 22.8. The second-order valence-corrected chi connectivity index (χ2v) is 12.3. The molecule has 184 valence electrons. The molecule has 5 fully saturated rings. The predicted octanol–water partition coefficient (Wildman–Crippen LogP) is 4.35. The summed E-state index contributed by atoms with van der Waals surface area (Å²) < 4.78 is 13.4. The lowest BCUT2D eigenvalue weighted by Crippen LogP contribution is -2.81. The zero-order valence-corrected chi connectivity index (χ0v) is 20.5. The third-order valence-corrected chi connectivity index (χ3v) is 11.2. The topological polar surface area (TPSA) is 62.2 Å². The van der Waals surface area contributed by atoms with E-state index in [2.05, 4.69) is 11.0 Å². The summed E-state index contributed by atoms with van der Waals surface area (Å²) in [5.74, 6) is 1.75. The highest BCUT2D eigenvalue weighted by Crippen LogP contribution is 2.77. The van der Waals surface area contributed by atoms with Crippen molar-refractivity contribution < 1.29 is 19.7 Å². The molecule has 35 heavy (non-hydrogen) atoms. The fraction of sp³-hybridized carbons (Fsp3) is 0.600. The van der Waals surface area contributed by atoms with E-state index in [0.29, 0.717) is 11.8 Å². The van der Waals surface area contributed by atoms with Crippen LogP contribution in [0, 0.1) is 17.3 Å². The summed E-state index contributed by atoms with van der Waals surface area (Å²) in [6.07, 6.45) is 6.93. The molecule has 0 aromatic heterocycles. The molecular weight excluding hydrogens is 438 g/mol. The highest BCUT2D eigenvalue weighted by molar-refractivity contribution is 5.63. The largest absolute Gasteiger partial charge is 0.504 e. The molecule has 0 amide bonds. The average Bonchev–Trinajstić information content (AvgIpc) is 3.63. The second-order valence-electron chi connectivity index (χ2n) is 12.3. The summed E-state index contributed by atoms with van der Waals surface area (Å²) in [5.41, 5.74) is 2.88. The van der Waals surface area contributed by atoms with Crippen molar-refractivity contribution >= 4 is 0 Å². The SMILES string of the molecule is CO[C@]12CCC3(C[C@@H]1[C@@H](O)c1ccccc1)C1Cc4ccc(O)c5c4[C@@]3(CCN1CC1CC1)[C@@H]2O5. The molecule has 5 heteroatoms. The van der Waals surface area contributed by atoms with E-state index in [9.17, 15) is 10.2 Å². The monoisotopic (exact) mass is 473 g/mol. The zero-order valence-electron chi connectivity index (χ0n) is 20.5. The van der Waals surface area contributed by atoms with Crippen LogP contribution < -0.4 is 4.74 Å². The molecule has 2 heterocycles. The molecule has 1 saturated heterocycles. The molecule has 4 bridgehead atoms. The molecular formula is C30H35NO4. The van der Waals surface area contributed by atoms with E-state index >= 15 is 0 Å². The number of aliphatic hydroxyl groups is 1. The van der Waals surface area contributed by atoms with Crippen molar-refractivity contribution in [2.24, 2.45) is 17.3 Å². The quantitative estimate of drug-likeness (QED) is 0.676. The smallest absolute Gasteiger partial charge is 0.165 e. The maximum Gasteiger partial charge on any atom is 0.165 e. The van der Waals surface area contributed by atoms with Crippen LogP contribution in [-0.2, 0) is 16.6 Å². The third-order valence-electron chi connectivity index (χ3n) is 11.2. The van der Waals surface area contributed by atoms with Crippen LogP contribution in [0.5, 0.6) is 11.5 Å². The van der Waals surface area contributed by atoms with Crippen molar-refractivity contribution in [2.75, 3.05) is 20.2 Å². The highest BCUT2D eigenvalue weighted by Gasteiger charge is 2.81. The van der Waals surface area contributed by atoms with Gasteiger partial charge in [0.2, 0.25) is 0 Å². The molecule has 7 aliphatic rings. The minimum atomic E-state index is -0.606. The van der Waals surface area contributed by atoms with E-state index in [4.69, 9.17) is 9.47 Å². The van der Waals surface area contributed by atoms with E-state index in [1.807, 2.05) is 43.5 Å². The molecule has 5 nitrogen and oxygen atoms in total. The van der Waals surface area contributed by atoms with Crippen LogP contribution >= 0.6 is 0 Å². The number of piperidine rings is 1. The van der Waals surface area contributed by atoms with Crippen LogP contribution in [0.4, 0.5) is 0 Å². The van der Waals surface area contributed by atoms with Crippen molar-refractivity contribution in [2.45, 2.75) is 74.2 Å². The van der Waals surface area contributed by atoms with Gasteiger partial charge in [-0.3, -0.25) is 4.90 Å². The number of fused-ring (bicyclic) bond motifs is 2. The van der Waals surface area contributed by atoms with Gasteiger partial charge in [-0.1, -0.05) is 36.4 Å². The van der Waals surface area contributed by atoms with Crippen molar-refractivity contribution in [1.29, 1.82) is 0 Å². The molecule has 4 saturated carbocycles. The number of phenolic OH excluding ortho intramolecular Hbond substituents is 1. The van der Waals surface area contributed by atoms with Gasteiger partial charge in [0.1, 0.15) is 11.7 Å². The van der Waals surface area contributed by atoms with Gasteiger partial charge in [0.15, 0.2) is 11.5 Å². The summed E-state index contributed by atoms with van der Waals surface area (Å²) in [7, 11) is 1.81. The lowest BCUT2D eigenvalue weighted by molar-refractivity contribution is -0.291. The minimum Gasteiger partial charge on any atom is -0.504 e. The van der Waals surface area contributed by atoms with Crippen molar-refractivity contribution in [3.8, 4) is 11.5 Å². The molecule has 7 atom stereocenters. The summed E-state index contributed by atoms with van der Waals surface area (Å²) in [4.78, 5) is 2.81. The lowest BCUT2D eigenvalue weighted by Gasteiger charge is -2.74. The number of benzene rings is 2. The second kappa shape index (κ2) is 6.81. The summed E-state index contributed by atoms with van der Waals surface area (Å²) >= 11 is 0. The molecule has 2 N–H and O–H groups in total. The van der Waals surface area contributed by atoms with Crippen molar-refractivity contribution in [3.63, 3.8) is 0 Å². The zero-order chi connectivity index (χ0) is 23.6. The first-order valence-corrected chi connectivity index (χ1v) is 13.6. The summed E-state index contributed by atoms with van der Waals surface area (Å²) in [6.45, 7) is 2.29. The molecule has 2 aromatic carbocycles. The van der Waals surface area contributed by atoms with Gasteiger partial charge in [-0.05, 0) is 74.6 Å². The van der Waals surface area contributed by atoms with E-state index in [1.54, 1.807) is 0 Å². The minimum absolute atomic E-state index is 0.0254. The predicted molar refractivity (Wildman–Crippen MR) is 132 cm³/mol. The number of hydrogen-bond donors (Lipinski definition) is 2. The molecule has 5 aliphatic carbocycles. The van der Waals surface area contributed by atoms with Gasteiger partial charge in [-0.25, -0.2) is 0 Å². The maximum atomic E-state index is 11.9. The van der Waals surface area contributed by atoms with Gasteiger partial charge >= 0.3 is 0 Å². The van der Waals surface area contributed by atoms with E-state index in [-0.39, 0.29) is 28.6 Å². The Morgan fingerprint density at radius 3 is 2.71 bits per heavy atom. The van der Waals surface area contributed by atoms with Crippen LogP contribution in [-0.4, -0.2) is 53.1 Å². The molecule has 9 rings (SSSR count). The van der Waals surface area contributed by atoms with Crippen LogP contribution in [0.3, 0.4) is 0 Å². The molecule has 2 unspecified atom stereocenters. The van der Waals surface area contributed by atoms with E-state index in [1.165, 1.54) is 30.5 Å². The number of likely N-dealkylation sites (tertiary alicyclic amines) is 1. The van der Waals surface area contributed by atoms with E-state index < -0.39 is 11.7 Å². The van der Waals surface area contributed by atoms with Gasteiger partial charge in [0, 0.05) is 42.0 Å². The Balaban J connectivity index is 1.34. The first-order chi connectivity index (χ1) is 17.0. The third kappa shape index (κ3) is 2.37. The number of rotatable bonds is 5.